The smallest absolute Gasteiger partial charge is 0.223 e. The Kier molecular flexibility index (Phi) is 4.31. The highest BCUT2D eigenvalue weighted by Crippen LogP contribution is 2.25. The van der Waals surface area contributed by atoms with Crippen LogP contribution >= 0.6 is 0 Å². The molecule has 22 heavy (non-hydrogen) atoms. The number of pyridine rings is 1. The number of carbonyl (C=O) groups excluding carboxylic acids is 1. The van der Waals surface area contributed by atoms with Crippen molar-refractivity contribution in [1.29, 1.82) is 0 Å². The Bertz CT molecular complexity index is 805. The molecule has 6 nitrogen and oxygen atoms in total. The van der Waals surface area contributed by atoms with Gasteiger partial charge in [0.15, 0.2) is 23.0 Å². The van der Waals surface area contributed by atoms with Crippen LogP contribution in [-0.4, -0.2) is 25.7 Å². The van der Waals surface area contributed by atoms with E-state index in [2.05, 4.69) is 0 Å². The molecule has 2 rings (SSSR count). The molecule has 0 bridgehead atoms. The molecule has 0 radical (unpaired) electrons. The molecule has 0 aliphatic heterocycles. The molecule has 1 heterocycles. The molecular weight excluding hydrogens is 286 g/mol. The Hall–Kier alpha value is -3.02. The van der Waals surface area contributed by atoms with Crippen molar-refractivity contribution in [2.45, 2.75) is 13.5 Å². The number of hydrogen-bond acceptors (Lipinski definition) is 5. The van der Waals surface area contributed by atoms with Gasteiger partial charge in [-0.2, -0.15) is 0 Å². The molecule has 0 atom stereocenters. The molecule has 0 aliphatic rings. The number of allylic oxidation sites excluding steroid dienone is 1. The van der Waals surface area contributed by atoms with Crippen LogP contribution in [0.15, 0.2) is 41.3 Å². The molecule has 0 amide bonds. The number of rotatable bonds is 4. The number of aromatic hydroxyl groups is 3. The van der Waals surface area contributed by atoms with Crippen LogP contribution < -0.4 is 5.43 Å². The van der Waals surface area contributed by atoms with Crippen molar-refractivity contribution >= 4 is 11.9 Å². The monoisotopic (exact) mass is 301 g/mol. The highest BCUT2D eigenvalue weighted by atomic mass is 16.3. The van der Waals surface area contributed by atoms with Crippen LogP contribution in [0.1, 0.15) is 23.0 Å². The van der Waals surface area contributed by atoms with E-state index in [0.29, 0.717) is 12.2 Å². The third-order valence-corrected chi connectivity index (χ3v) is 3.15. The van der Waals surface area contributed by atoms with Gasteiger partial charge in [-0.05, 0) is 37.3 Å². The zero-order chi connectivity index (χ0) is 16.3. The number of ketones is 1. The lowest BCUT2D eigenvalue weighted by molar-refractivity contribution is 0.104. The Morgan fingerprint density at radius 1 is 1.14 bits per heavy atom. The van der Waals surface area contributed by atoms with Crippen molar-refractivity contribution in [2.75, 3.05) is 0 Å². The maximum atomic E-state index is 12.0. The number of phenolic OH excluding ortho intramolecular Hbond substituents is 2. The van der Waals surface area contributed by atoms with E-state index >= 15 is 0 Å². The third-order valence-electron chi connectivity index (χ3n) is 3.15. The fourth-order valence-electron chi connectivity index (χ4n) is 1.93. The molecule has 1 aromatic carbocycles. The second-order valence-corrected chi connectivity index (χ2v) is 4.63. The summed E-state index contributed by atoms with van der Waals surface area (Å²) in [6, 6.07) is 4.99. The van der Waals surface area contributed by atoms with Crippen LogP contribution in [0, 0.1) is 0 Å². The predicted molar refractivity (Wildman–Crippen MR) is 81.2 cm³/mol. The molecule has 0 saturated carbocycles. The van der Waals surface area contributed by atoms with E-state index in [9.17, 15) is 24.9 Å². The number of hydrogen-bond donors (Lipinski definition) is 3. The molecular formula is C16H15NO5. The van der Waals surface area contributed by atoms with Gasteiger partial charge in [-0.25, -0.2) is 0 Å². The van der Waals surface area contributed by atoms with Gasteiger partial charge >= 0.3 is 0 Å². The van der Waals surface area contributed by atoms with Crippen molar-refractivity contribution in [2.24, 2.45) is 0 Å². The zero-order valence-corrected chi connectivity index (χ0v) is 11.9. The van der Waals surface area contributed by atoms with Gasteiger partial charge in [-0.3, -0.25) is 9.59 Å². The highest BCUT2D eigenvalue weighted by molar-refractivity contribution is 6.07. The number of phenols is 2. The molecule has 114 valence electrons. The van der Waals surface area contributed by atoms with E-state index in [1.165, 1.54) is 36.5 Å². The molecule has 0 aliphatic carbocycles. The van der Waals surface area contributed by atoms with E-state index in [1.807, 2.05) is 6.92 Å². The van der Waals surface area contributed by atoms with E-state index in [1.54, 1.807) is 4.57 Å². The number of aryl methyl sites for hydroxylation is 1. The van der Waals surface area contributed by atoms with Crippen molar-refractivity contribution in [3.05, 3.63) is 58.0 Å². The van der Waals surface area contributed by atoms with Gasteiger partial charge in [0.05, 0.1) is 6.20 Å². The second kappa shape index (κ2) is 6.17. The lowest BCUT2D eigenvalue weighted by Gasteiger charge is -2.08. The summed E-state index contributed by atoms with van der Waals surface area (Å²) in [7, 11) is 0. The number of aromatic nitrogens is 1. The Balaban J connectivity index is 2.31. The molecule has 0 spiro atoms. The topological polar surface area (TPSA) is 99.8 Å². The summed E-state index contributed by atoms with van der Waals surface area (Å²) in [5, 5.41) is 28.0. The fourth-order valence-corrected chi connectivity index (χ4v) is 1.93. The summed E-state index contributed by atoms with van der Waals surface area (Å²) >= 11 is 0. The fraction of sp³-hybridized carbons (Fsp3) is 0.125. The van der Waals surface area contributed by atoms with Gasteiger partial charge in [-0.15, -0.1) is 0 Å². The van der Waals surface area contributed by atoms with Crippen molar-refractivity contribution < 1.29 is 20.1 Å². The van der Waals surface area contributed by atoms with Gasteiger partial charge in [-0.1, -0.05) is 0 Å². The maximum absolute atomic E-state index is 12.0. The first kappa shape index (κ1) is 15.4. The van der Waals surface area contributed by atoms with Gasteiger partial charge in [0.1, 0.15) is 0 Å². The van der Waals surface area contributed by atoms with E-state index in [-0.39, 0.29) is 22.8 Å². The van der Waals surface area contributed by atoms with Crippen LogP contribution in [0.2, 0.25) is 0 Å². The average molecular weight is 301 g/mol. The minimum absolute atomic E-state index is 0.204. The zero-order valence-electron chi connectivity index (χ0n) is 11.9. The molecule has 0 fully saturated rings. The molecule has 6 heteroatoms. The number of carbonyl (C=O) groups is 1. The number of benzene rings is 1. The van der Waals surface area contributed by atoms with E-state index in [4.69, 9.17) is 0 Å². The summed E-state index contributed by atoms with van der Waals surface area (Å²) in [6.07, 6.45) is 4.01. The first-order valence-electron chi connectivity index (χ1n) is 6.60. The summed E-state index contributed by atoms with van der Waals surface area (Å²) < 4.78 is 1.62. The van der Waals surface area contributed by atoms with E-state index in [0.717, 1.165) is 6.07 Å². The van der Waals surface area contributed by atoms with Crippen LogP contribution in [0.5, 0.6) is 17.2 Å². The quantitative estimate of drug-likeness (QED) is 0.455. The molecule has 3 N–H and O–H groups in total. The minimum atomic E-state index is -0.529. The second-order valence-electron chi connectivity index (χ2n) is 4.63. The van der Waals surface area contributed by atoms with Gasteiger partial charge in [0.25, 0.3) is 0 Å². The third kappa shape index (κ3) is 3.17. The molecule has 1 aromatic heterocycles. The Morgan fingerprint density at radius 3 is 2.50 bits per heavy atom. The first-order valence-corrected chi connectivity index (χ1v) is 6.60. The van der Waals surface area contributed by atoms with Crippen molar-refractivity contribution in [3.63, 3.8) is 0 Å². The summed E-state index contributed by atoms with van der Waals surface area (Å²) in [4.78, 5) is 23.5. The van der Waals surface area contributed by atoms with Gasteiger partial charge in [0, 0.05) is 23.9 Å². The molecule has 0 unspecified atom stereocenters. The van der Waals surface area contributed by atoms with E-state index < -0.39 is 11.2 Å². The predicted octanol–water partition coefficient (Wildman–Crippen LogP) is 1.88. The average Bonchev–Trinajstić information content (AvgIpc) is 2.50. The minimum Gasteiger partial charge on any atom is -0.504 e. The van der Waals surface area contributed by atoms with Crippen LogP contribution in [-0.2, 0) is 6.54 Å². The summed E-state index contributed by atoms with van der Waals surface area (Å²) in [6.45, 7) is 2.35. The van der Waals surface area contributed by atoms with Crippen LogP contribution in [0.4, 0.5) is 0 Å². The molecule has 0 saturated heterocycles. The lowest BCUT2D eigenvalue weighted by Crippen LogP contribution is -2.08. The summed E-state index contributed by atoms with van der Waals surface area (Å²) in [5.41, 5.74) is 0.149. The lowest BCUT2D eigenvalue weighted by atomic mass is 10.1. The van der Waals surface area contributed by atoms with Crippen LogP contribution in [0.3, 0.4) is 0 Å². The maximum Gasteiger partial charge on any atom is 0.223 e. The van der Waals surface area contributed by atoms with Crippen molar-refractivity contribution in [3.8, 4) is 17.2 Å². The Labute approximate surface area is 126 Å². The number of nitrogens with zero attached hydrogens (tertiary/aromatic N) is 1. The highest BCUT2D eigenvalue weighted by Gasteiger charge is 2.07. The van der Waals surface area contributed by atoms with Crippen molar-refractivity contribution in [1.82, 2.24) is 4.57 Å². The normalized spacial score (nSPS) is 11.0. The van der Waals surface area contributed by atoms with Gasteiger partial charge in [0.2, 0.25) is 5.43 Å². The molecule has 2 aromatic rings. The first-order chi connectivity index (χ1) is 10.4. The SMILES string of the molecule is CCn1cc(O)c(=O)cc1C=CC(=O)c1ccc(O)c(O)c1. The largest absolute Gasteiger partial charge is 0.504 e. The van der Waals surface area contributed by atoms with Crippen LogP contribution in [0.25, 0.3) is 6.08 Å². The Morgan fingerprint density at radius 2 is 1.86 bits per heavy atom. The standard InChI is InChI=1S/C16H15NO5/c1-2-17-9-16(22)15(21)8-11(17)4-6-12(18)10-3-5-13(19)14(20)7-10/h3-9,19-20,22H,2H2,1H3. The summed E-state index contributed by atoms with van der Waals surface area (Å²) in [5.74, 6) is -1.43. The van der Waals surface area contributed by atoms with Gasteiger partial charge < -0.3 is 19.9 Å².